The Morgan fingerprint density at radius 1 is 1.04 bits per heavy atom. The molecule has 0 fully saturated rings. The Morgan fingerprint density at radius 2 is 1.79 bits per heavy atom. The summed E-state index contributed by atoms with van der Waals surface area (Å²) in [5.41, 5.74) is 3.90. The number of carbonyl (C=O) groups excluding carboxylic acids is 2. The van der Waals surface area contributed by atoms with Gasteiger partial charge in [0.1, 0.15) is 0 Å². The van der Waals surface area contributed by atoms with Crippen molar-refractivity contribution < 1.29 is 14.3 Å². The molecule has 0 radical (unpaired) electrons. The SMILES string of the molecule is O=C1OC(C(=O)NC2CCCc3ccccc32)Cc2ccccc21. The second-order valence-corrected chi connectivity index (χ2v) is 6.41. The number of benzene rings is 2. The van der Waals surface area contributed by atoms with Crippen LogP contribution in [0.15, 0.2) is 48.5 Å². The summed E-state index contributed by atoms with van der Waals surface area (Å²) in [7, 11) is 0. The summed E-state index contributed by atoms with van der Waals surface area (Å²) in [6, 6.07) is 15.5. The fraction of sp³-hybridized carbons (Fsp3) is 0.300. The van der Waals surface area contributed by atoms with E-state index in [1.54, 1.807) is 12.1 Å². The normalized spacial score (nSPS) is 22.1. The Hall–Kier alpha value is -2.62. The van der Waals surface area contributed by atoms with Crippen LogP contribution in [0.3, 0.4) is 0 Å². The van der Waals surface area contributed by atoms with Crippen molar-refractivity contribution >= 4 is 11.9 Å². The molecule has 0 saturated heterocycles. The number of rotatable bonds is 2. The molecule has 4 rings (SSSR count). The van der Waals surface area contributed by atoms with E-state index in [-0.39, 0.29) is 11.9 Å². The maximum absolute atomic E-state index is 12.6. The molecule has 2 aromatic rings. The lowest BCUT2D eigenvalue weighted by molar-refractivity contribution is -0.131. The molecule has 2 unspecified atom stereocenters. The summed E-state index contributed by atoms with van der Waals surface area (Å²) in [5, 5.41) is 3.08. The van der Waals surface area contributed by atoms with Crippen LogP contribution in [-0.2, 0) is 22.4 Å². The van der Waals surface area contributed by atoms with Crippen LogP contribution in [0.5, 0.6) is 0 Å². The van der Waals surface area contributed by atoms with E-state index in [2.05, 4.69) is 17.4 Å². The molecule has 4 nitrogen and oxygen atoms in total. The highest BCUT2D eigenvalue weighted by Gasteiger charge is 2.32. The lowest BCUT2D eigenvalue weighted by atomic mass is 9.87. The summed E-state index contributed by atoms with van der Waals surface area (Å²) < 4.78 is 5.35. The van der Waals surface area contributed by atoms with Crippen LogP contribution in [0, 0.1) is 0 Å². The van der Waals surface area contributed by atoms with Gasteiger partial charge in [0.25, 0.3) is 5.91 Å². The van der Waals surface area contributed by atoms with Crippen LogP contribution in [0.4, 0.5) is 0 Å². The quantitative estimate of drug-likeness (QED) is 0.865. The Kier molecular flexibility index (Phi) is 3.81. The first-order valence-electron chi connectivity index (χ1n) is 8.39. The molecule has 1 aliphatic heterocycles. The van der Waals surface area contributed by atoms with Crippen LogP contribution in [0.25, 0.3) is 0 Å². The van der Waals surface area contributed by atoms with Crippen molar-refractivity contribution in [2.45, 2.75) is 37.8 Å². The Bertz CT molecular complexity index is 799. The maximum atomic E-state index is 12.6. The molecule has 2 aliphatic rings. The first-order valence-corrected chi connectivity index (χ1v) is 8.39. The van der Waals surface area contributed by atoms with Gasteiger partial charge in [-0.05, 0) is 42.0 Å². The van der Waals surface area contributed by atoms with Gasteiger partial charge in [-0.25, -0.2) is 4.79 Å². The fourth-order valence-corrected chi connectivity index (χ4v) is 3.65. The van der Waals surface area contributed by atoms with Gasteiger partial charge in [0.05, 0.1) is 11.6 Å². The van der Waals surface area contributed by atoms with Gasteiger partial charge in [-0.1, -0.05) is 42.5 Å². The molecule has 1 heterocycles. The van der Waals surface area contributed by atoms with Gasteiger partial charge in [0, 0.05) is 6.42 Å². The van der Waals surface area contributed by atoms with Crippen molar-refractivity contribution in [2.75, 3.05) is 0 Å². The summed E-state index contributed by atoms with van der Waals surface area (Å²) in [4.78, 5) is 24.7. The summed E-state index contributed by atoms with van der Waals surface area (Å²) in [6.45, 7) is 0. The molecule has 1 aliphatic carbocycles. The minimum absolute atomic E-state index is 0.00155. The summed E-state index contributed by atoms with van der Waals surface area (Å²) in [5.74, 6) is -0.624. The van der Waals surface area contributed by atoms with Gasteiger partial charge in [-0.15, -0.1) is 0 Å². The molecule has 24 heavy (non-hydrogen) atoms. The third kappa shape index (κ3) is 2.68. The van der Waals surface area contributed by atoms with Gasteiger partial charge >= 0.3 is 5.97 Å². The monoisotopic (exact) mass is 321 g/mol. The summed E-state index contributed by atoms with van der Waals surface area (Å²) >= 11 is 0. The van der Waals surface area contributed by atoms with Gasteiger partial charge in [0.15, 0.2) is 6.10 Å². The van der Waals surface area contributed by atoms with Crippen LogP contribution in [-0.4, -0.2) is 18.0 Å². The van der Waals surface area contributed by atoms with Gasteiger partial charge in [-0.3, -0.25) is 4.79 Å². The van der Waals surface area contributed by atoms with Crippen LogP contribution in [0.1, 0.15) is 45.9 Å². The van der Waals surface area contributed by atoms with Crippen molar-refractivity contribution in [1.82, 2.24) is 5.32 Å². The molecule has 0 spiro atoms. The van der Waals surface area contributed by atoms with E-state index >= 15 is 0 Å². The number of nitrogens with one attached hydrogen (secondary N) is 1. The largest absolute Gasteiger partial charge is 0.448 e. The third-order valence-electron chi connectivity index (χ3n) is 4.87. The number of hydrogen-bond acceptors (Lipinski definition) is 3. The number of fused-ring (bicyclic) bond motifs is 2. The number of carbonyl (C=O) groups is 2. The fourth-order valence-electron chi connectivity index (χ4n) is 3.65. The predicted octanol–water partition coefficient (Wildman–Crippen LogP) is 2.96. The molecule has 122 valence electrons. The Morgan fingerprint density at radius 3 is 2.67 bits per heavy atom. The average Bonchev–Trinajstić information content (AvgIpc) is 2.62. The molecular formula is C20H19NO3. The zero-order valence-corrected chi connectivity index (χ0v) is 13.3. The molecule has 0 bridgehead atoms. The van der Waals surface area contributed by atoms with E-state index < -0.39 is 12.1 Å². The molecule has 2 atom stereocenters. The van der Waals surface area contributed by atoms with E-state index in [0.717, 1.165) is 24.8 Å². The second-order valence-electron chi connectivity index (χ2n) is 6.41. The Balaban J connectivity index is 1.51. The Labute approximate surface area is 140 Å². The molecular weight excluding hydrogens is 302 g/mol. The van der Waals surface area contributed by atoms with E-state index in [1.807, 2.05) is 24.3 Å². The predicted molar refractivity (Wildman–Crippen MR) is 89.6 cm³/mol. The van der Waals surface area contributed by atoms with Crippen LogP contribution >= 0.6 is 0 Å². The first-order chi connectivity index (χ1) is 11.7. The average molecular weight is 321 g/mol. The smallest absolute Gasteiger partial charge is 0.339 e. The molecule has 1 amide bonds. The number of esters is 1. The number of hydrogen-bond donors (Lipinski definition) is 1. The molecule has 1 N–H and O–H groups in total. The second kappa shape index (κ2) is 6.11. The summed E-state index contributed by atoms with van der Waals surface area (Å²) in [6.07, 6.45) is 2.70. The van der Waals surface area contributed by atoms with Gasteiger partial charge in [-0.2, -0.15) is 0 Å². The van der Waals surface area contributed by atoms with Crippen LogP contribution < -0.4 is 5.32 Å². The highest BCUT2D eigenvalue weighted by Crippen LogP contribution is 2.30. The van der Waals surface area contributed by atoms with Crippen LogP contribution in [0.2, 0.25) is 0 Å². The number of cyclic esters (lactones) is 1. The minimum atomic E-state index is -0.749. The maximum Gasteiger partial charge on any atom is 0.339 e. The van der Waals surface area contributed by atoms with Crippen molar-refractivity contribution in [1.29, 1.82) is 0 Å². The number of ether oxygens (including phenoxy) is 1. The highest BCUT2D eigenvalue weighted by molar-refractivity contribution is 5.95. The number of amides is 1. The lowest BCUT2D eigenvalue weighted by Gasteiger charge is -2.29. The van der Waals surface area contributed by atoms with Crippen molar-refractivity contribution in [3.05, 3.63) is 70.8 Å². The molecule has 2 aromatic carbocycles. The van der Waals surface area contributed by atoms with E-state index in [0.29, 0.717) is 12.0 Å². The zero-order valence-electron chi connectivity index (χ0n) is 13.3. The van der Waals surface area contributed by atoms with Crippen molar-refractivity contribution in [2.24, 2.45) is 0 Å². The van der Waals surface area contributed by atoms with Gasteiger partial charge in [0.2, 0.25) is 0 Å². The molecule has 0 saturated carbocycles. The highest BCUT2D eigenvalue weighted by atomic mass is 16.5. The van der Waals surface area contributed by atoms with E-state index in [4.69, 9.17) is 4.74 Å². The number of aryl methyl sites for hydroxylation is 1. The zero-order chi connectivity index (χ0) is 16.5. The lowest BCUT2D eigenvalue weighted by Crippen LogP contribution is -2.43. The van der Waals surface area contributed by atoms with E-state index in [1.165, 1.54) is 11.1 Å². The standard InChI is InChI=1S/C20H19NO3/c22-19(18-12-14-7-2-4-10-16(14)20(23)24-18)21-17-11-5-8-13-6-1-3-9-15(13)17/h1-4,6-7,9-10,17-18H,5,8,11-12H2,(H,21,22). The topological polar surface area (TPSA) is 55.4 Å². The van der Waals surface area contributed by atoms with Crippen molar-refractivity contribution in [3.63, 3.8) is 0 Å². The van der Waals surface area contributed by atoms with E-state index in [9.17, 15) is 9.59 Å². The van der Waals surface area contributed by atoms with Crippen molar-refractivity contribution in [3.8, 4) is 0 Å². The third-order valence-corrected chi connectivity index (χ3v) is 4.87. The molecule has 0 aromatic heterocycles. The van der Waals surface area contributed by atoms with Gasteiger partial charge < -0.3 is 10.1 Å². The minimum Gasteiger partial charge on any atom is -0.448 e. The first kappa shape index (κ1) is 14.9. The molecule has 4 heteroatoms.